The average molecular weight is 416 g/mol. The lowest BCUT2D eigenvalue weighted by atomic mass is 10.1. The molecule has 0 spiro atoms. The molecule has 0 radical (unpaired) electrons. The maximum atomic E-state index is 12.1. The molecule has 4 N–H and O–H groups in total. The number of H-pyrrole nitrogens is 1. The van der Waals surface area contributed by atoms with Crippen molar-refractivity contribution in [2.24, 2.45) is 0 Å². The number of carbonyl (C=O) groups is 2. The first-order chi connectivity index (χ1) is 15.1. The summed E-state index contributed by atoms with van der Waals surface area (Å²) in [7, 11) is 0. The van der Waals surface area contributed by atoms with Crippen molar-refractivity contribution >= 4 is 28.5 Å². The van der Waals surface area contributed by atoms with Gasteiger partial charge in [-0.15, -0.1) is 0 Å². The number of hydrogen-bond acceptors (Lipinski definition) is 4. The summed E-state index contributed by atoms with van der Waals surface area (Å²) in [5.41, 5.74) is 2.95. The average Bonchev–Trinajstić information content (AvgIpc) is 3.32. The number of nitrogens with one attached hydrogen (secondary N) is 4. The Hall–Kier alpha value is -4.40. The number of benzene rings is 2. The molecular formula is C22H20N6O3. The molecule has 4 aromatic rings. The van der Waals surface area contributed by atoms with Crippen molar-refractivity contribution in [1.82, 2.24) is 25.4 Å². The Labute approximate surface area is 177 Å². The Bertz CT molecular complexity index is 1260. The fraction of sp³-hybridized carbons (Fsp3) is 0.0909. The van der Waals surface area contributed by atoms with Gasteiger partial charge in [-0.05, 0) is 48.0 Å². The third kappa shape index (κ3) is 4.96. The maximum Gasteiger partial charge on any atom is 0.315 e. The molecule has 0 fully saturated rings. The molecule has 0 aliphatic carbocycles. The number of anilines is 1. The van der Waals surface area contributed by atoms with Crippen molar-refractivity contribution in [3.8, 4) is 5.69 Å². The zero-order valence-corrected chi connectivity index (χ0v) is 16.5. The van der Waals surface area contributed by atoms with Crippen LogP contribution in [0.15, 0.2) is 78.0 Å². The smallest absolute Gasteiger partial charge is 0.315 e. The highest BCUT2D eigenvalue weighted by Crippen LogP contribution is 2.12. The number of amides is 3. The predicted molar refractivity (Wildman–Crippen MR) is 117 cm³/mol. The minimum absolute atomic E-state index is 0.0620. The lowest BCUT2D eigenvalue weighted by molar-refractivity contribution is -0.115. The van der Waals surface area contributed by atoms with Gasteiger partial charge in [0.25, 0.3) is 0 Å². The van der Waals surface area contributed by atoms with E-state index in [0.29, 0.717) is 16.6 Å². The van der Waals surface area contributed by atoms with Gasteiger partial charge in [-0.1, -0.05) is 6.07 Å². The molecule has 2 aromatic heterocycles. The summed E-state index contributed by atoms with van der Waals surface area (Å²) >= 11 is 0. The van der Waals surface area contributed by atoms with E-state index in [9.17, 15) is 14.4 Å². The van der Waals surface area contributed by atoms with Crippen LogP contribution in [0.1, 0.15) is 5.56 Å². The van der Waals surface area contributed by atoms with E-state index >= 15 is 0 Å². The molecule has 3 amide bonds. The van der Waals surface area contributed by atoms with Gasteiger partial charge in [-0.2, -0.15) is 5.10 Å². The largest absolute Gasteiger partial charge is 0.361 e. The normalized spacial score (nSPS) is 10.6. The zero-order chi connectivity index (χ0) is 21.6. The summed E-state index contributed by atoms with van der Waals surface area (Å²) < 4.78 is 1.71. The number of aromatic amines is 1. The van der Waals surface area contributed by atoms with E-state index in [0.717, 1.165) is 11.3 Å². The minimum atomic E-state index is -0.467. The highest BCUT2D eigenvalue weighted by Gasteiger charge is 2.07. The van der Waals surface area contributed by atoms with Gasteiger partial charge < -0.3 is 20.9 Å². The number of hydrogen-bond donors (Lipinski definition) is 4. The van der Waals surface area contributed by atoms with E-state index < -0.39 is 6.03 Å². The molecular weight excluding hydrogens is 396 g/mol. The molecule has 4 rings (SSSR count). The van der Waals surface area contributed by atoms with Crippen molar-refractivity contribution in [3.63, 3.8) is 0 Å². The lowest BCUT2D eigenvalue weighted by Crippen LogP contribution is -2.39. The Kier molecular flexibility index (Phi) is 5.75. The highest BCUT2D eigenvalue weighted by molar-refractivity contribution is 5.94. The number of rotatable bonds is 6. The molecule has 31 heavy (non-hydrogen) atoms. The molecule has 0 unspecified atom stereocenters. The van der Waals surface area contributed by atoms with Gasteiger partial charge in [-0.3, -0.25) is 9.59 Å². The molecule has 9 nitrogen and oxygen atoms in total. The van der Waals surface area contributed by atoms with Gasteiger partial charge in [0.1, 0.15) is 0 Å². The van der Waals surface area contributed by atoms with Crippen LogP contribution in [0.4, 0.5) is 10.5 Å². The third-order valence-corrected chi connectivity index (χ3v) is 4.61. The molecule has 0 aliphatic rings. The van der Waals surface area contributed by atoms with Crippen molar-refractivity contribution in [2.75, 3.05) is 11.9 Å². The summed E-state index contributed by atoms with van der Waals surface area (Å²) in [5.74, 6) is -0.342. The van der Waals surface area contributed by atoms with Crippen LogP contribution in [0.2, 0.25) is 0 Å². The molecule has 156 valence electrons. The number of fused-ring (bicyclic) bond motifs is 1. The molecule has 2 aromatic carbocycles. The molecule has 0 bridgehead atoms. The van der Waals surface area contributed by atoms with E-state index in [2.05, 4.69) is 26.0 Å². The standard InChI is InChI=1S/C22H20N6O3/c29-20-8-10-23-19-12-15(2-7-18(19)20)13-24-22(31)25-14-21(30)27-16-3-5-17(6-4-16)28-11-1-9-26-28/h1-12H,13-14H2,(H,23,29)(H,27,30)(H2,24,25,31). The Morgan fingerprint density at radius 1 is 1.03 bits per heavy atom. The quantitative estimate of drug-likeness (QED) is 0.385. The molecule has 0 atom stereocenters. The monoisotopic (exact) mass is 416 g/mol. The van der Waals surface area contributed by atoms with Crippen molar-refractivity contribution in [3.05, 3.63) is 89.0 Å². The summed E-state index contributed by atoms with van der Waals surface area (Å²) in [6, 6.07) is 15.3. The molecule has 0 saturated carbocycles. The van der Waals surface area contributed by atoms with E-state index in [4.69, 9.17) is 0 Å². The molecule has 2 heterocycles. The second-order valence-electron chi connectivity index (χ2n) is 6.80. The van der Waals surface area contributed by atoms with Crippen molar-refractivity contribution in [1.29, 1.82) is 0 Å². The van der Waals surface area contributed by atoms with Gasteiger partial charge in [0.2, 0.25) is 5.91 Å². The van der Waals surface area contributed by atoms with Gasteiger partial charge >= 0.3 is 6.03 Å². The first-order valence-corrected chi connectivity index (χ1v) is 9.60. The van der Waals surface area contributed by atoms with Crippen LogP contribution in [0.25, 0.3) is 16.6 Å². The summed E-state index contributed by atoms with van der Waals surface area (Å²) in [6.07, 6.45) is 5.10. The second kappa shape index (κ2) is 8.95. The van der Waals surface area contributed by atoms with E-state index in [1.807, 2.05) is 24.4 Å². The van der Waals surface area contributed by atoms with Crippen molar-refractivity contribution in [2.45, 2.75) is 6.54 Å². The Morgan fingerprint density at radius 3 is 2.65 bits per heavy atom. The highest BCUT2D eigenvalue weighted by atomic mass is 16.2. The number of aromatic nitrogens is 3. The Balaban J connectivity index is 1.24. The molecule has 0 saturated heterocycles. The van der Waals surface area contributed by atoms with Crippen LogP contribution in [-0.2, 0) is 11.3 Å². The second-order valence-corrected chi connectivity index (χ2v) is 6.80. The van der Waals surface area contributed by atoms with Crippen LogP contribution in [0.5, 0.6) is 0 Å². The minimum Gasteiger partial charge on any atom is -0.361 e. The van der Waals surface area contributed by atoms with Crippen LogP contribution in [-0.4, -0.2) is 33.2 Å². The topological polar surface area (TPSA) is 121 Å². The SMILES string of the molecule is O=C(CNC(=O)NCc1ccc2c(=O)cc[nH]c2c1)Nc1ccc(-n2cccn2)cc1. The van der Waals surface area contributed by atoms with Crippen LogP contribution >= 0.6 is 0 Å². The summed E-state index contributed by atoms with van der Waals surface area (Å²) in [5, 5.41) is 12.7. The number of pyridine rings is 1. The van der Waals surface area contributed by atoms with Crippen molar-refractivity contribution < 1.29 is 9.59 Å². The fourth-order valence-electron chi connectivity index (χ4n) is 3.06. The zero-order valence-electron chi connectivity index (χ0n) is 16.5. The van der Waals surface area contributed by atoms with Gasteiger partial charge in [-0.25, -0.2) is 9.48 Å². The molecule has 9 heteroatoms. The fourth-order valence-corrected chi connectivity index (χ4v) is 3.06. The maximum absolute atomic E-state index is 12.1. The van der Waals surface area contributed by atoms with Gasteiger partial charge in [0.15, 0.2) is 5.43 Å². The van der Waals surface area contributed by atoms with Crippen LogP contribution in [0, 0.1) is 0 Å². The van der Waals surface area contributed by atoms with Crippen LogP contribution in [0.3, 0.4) is 0 Å². The van der Waals surface area contributed by atoms with E-state index in [1.165, 1.54) is 6.07 Å². The first kappa shape index (κ1) is 19.9. The Morgan fingerprint density at radius 2 is 1.87 bits per heavy atom. The first-order valence-electron chi connectivity index (χ1n) is 9.60. The molecule has 0 aliphatic heterocycles. The third-order valence-electron chi connectivity index (χ3n) is 4.61. The predicted octanol–water partition coefficient (Wildman–Crippen LogP) is 2.15. The van der Waals surface area contributed by atoms with Gasteiger partial charge in [0, 0.05) is 47.8 Å². The lowest BCUT2D eigenvalue weighted by Gasteiger charge is -2.09. The summed E-state index contributed by atoms with van der Waals surface area (Å²) in [4.78, 5) is 38.8. The number of nitrogens with zero attached hydrogens (tertiary/aromatic N) is 2. The van der Waals surface area contributed by atoms with Gasteiger partial charge in [0.05, 0.1) is 12.2 Å². The van der Waals surface area contributed by atoms with E-state index in [1.54, 1.807) is 47.4 Å². The van der Waals surface area contributed by atoms with E-state index in [-0.39, 0.29) is 24.4 Å². The van der Waals surface area contributed by atoms with Crippen LogP contribution < -0.4 is 21.4 Å². The number of urea groups is 1. The number of carbonyl (C=O) groups excluding carboxylic acids is 2. The summed E-state index contributed by atoms with van der Waals surface area (Å²) in [6.45, 7) is 0.0903.